The van der Waals surface area contributed by atoms with Crippen LogP contribution in [0.4, 0.5) is 0 Å². The first kappa shape index (κ1) is 13.1. The van der Waals surface area contributed by atoms with Crippen molar-refractivity contribution in [2.24, 2.45) is 0 Å². The number of aromatic nitrogens is 2. The van der Waals surface area contributed by atoms with Crippen molar-refractivity contribution in [2.75, 3.05) is 0 Å². The molecule has 0 saturated heterocycles. The number of aryl methyl sites for hydroxylation is 1. The molecule has 3 rings (SSSR count). The van der Waals surface area contributed by atoms with Crippen LogP contribution in [-0.4, -0.2) is 21.2 Å². The Morgan fingerprint density at radius 1 is 1.29 bits per heavy atom. The van der Waals surface area contributed by atoms with Crippen LogP contribution in [0.25, 0.3) is 10.8 Å². The Hall–Kier alpha value is -2.89. The van der Waals surface area contributed by atoms with Crippen molar-refractivity contribution in [1.82, 2.24) is 10.1 Å². The monoisotopic (exact) mass is 284 g/mol. The number of benzene rings is 2. The maximum atomic E-state index is 11.3. The molecule has 0 saturated carbocycles. The number of carboxylic acids is 1. The number of fused-ring (bicyclic) bond motifs is 1. The van der Waals surface area contributed by atoms with Gasteiger partial charge in [-0.1, -0.05) is 35.5 Å². The second-order valence-corrected chi connectivity index (χ2v) is 4.49. The smallest absolute Gasteiger partial charge is 0.339 e. The molecular weight excluding hydrogens is 272 g/mol. The fourth-order valence-corrected chi connectivity index (χ4v) is 2.10. The van der Waals surface area contributed by atoms with E-state index >= 15 is 0 Å². The van der Waals surface area contributed by atoms with Crippen molar-refractivity contribution < 1.29 is 19.2 Å². The lowest BCUT2D eigenvalue weighted by atomic mass is 10.1. The van der Waals surface area contributed by atoms with Crippen LogP contribution >= 0.6 is 0 Å². The zero-order valence-electron chi connectivity index (χ0n) is 11.2. The van der Waals surface area contributed by atoms with Gasteiger partial charge in [-0.15, -0.1) is 0 Å². The quantitative estimate of drug-likeness (QED) is 0.792. The lowest BCUT2D eigenvalue weighted by molar-refractivity contribution is 0.0691. The molecule has 0 radical (unpaired) electrons. The van der Waals surface area contributed by atoms with E-state index in [1.54, 1.807) is 13.0 Å². The molecule has 0 atom stereocenters. The van der Waals surface area contributed by atoms with Crippen molar-refractivity contribution in [2.45, 2.75) is 13.5 Å². The van der Waals surface area contributed by atoms with Gasteiger partial charge in [-0.25, -0.2) is 4.79 Å². The fraction of sp³-hybridized carbons (Fsp3) is 0.133. The molecule has 1 N–H and O–H groups in total. The van der Waals surface area contributed by atoms with Crippen molar-refractivity contribution in [1.29, 1.82) is 0 Å². The minimum absolute atomic E-state index is 0.0229. The van der Waals surface area contributed by atoms with Gasteiger partial charge in [-0.05, 0) is 18.4 Å². The Kier molecular flexibility index (Phi) is 3.27. The standard InChI is InChI=1S/C15H12N2O4/c1-9-16-13(21-17-9)8-20-14-11-5-3-2-4-10(11)6-7-12(14)15(18)19/h2-7H,8H2,1H3,(H,18,19). The number of nitrogens with zero attached hydrogens (tertiary/aromatic N) is 2. The summed E-state index contributed by atoms with van der Waals surface area (Å²) in [5.74, 6) is 0.0654. The summed E-state index contributed by atoms with van der Waals surface area (Å²) in [4.78, 5) is 15.4. The average molecular weight is 284 g/mol. The third-order valence-corrected chi connectivity index (χ3v) is 3.02. The average Bonchev–Trinajstić information content (AvgIpc) is 2.90. The Bertz CT molecular complexity index is 810. The zero-order chi connectivity index (χ0) is 14.8. The van der Waals surface area contributed by atoms with E-state index in [1.165, 1.54) is 6.07 Å². The van der Waals surface area contributed by atoms with Gasteiger partial charge in [-0.3, -0.25) is 0 Å². The molecule has 0 unspecified atom stereocenters. The van der Waals surface area contributed by atoms with Crippen LogP contribution < -0.4 is 4.74 Å². The minimum atomic E-state index is -1.04. The van der Waals surface area contributed by atoms with E-state index in [1.807, 2.05) is 24.3 Å². The molecule has 106 valence electrons. The molecule has 1 heterocycles. The van der Waals surface area contributed by atoms with Crippen LogP contribution in [-0.2, 0) is 6.61 Å². The molecule has 0 amide bonds. The molecule has 0 aliphatic carbocycles. The first-order valence-electron chi connectivity index (χ1n) is 6.32. The summed E-state index contributed by atoms with van der Waals surface area (Å²) in [6.07, 6.45) is 0. The Morgan fingerprint density at radius 2 is 2.10 bits per heavy atom. The van der Waals surface area contributed by atoms with Crippen molar-refractivity contribution in [3.63, 3.8) is 0 Å². The molecule has 6 nitrogen and oxygen atoms in total. The predicted octanol–water partition coefficient (Wildman–Crippen LogP) is 2.81. The van der Waals surface area contributed by atoms with Crippen molar-refractivity contribution >= 4 is 16.7 Å². The highest BCUT2D eigenvalue weighted by Crippen LogP contribution is 2.30. The molecule has 0 fully saturated rings. The second-order valence-electron chi connectivity index (χ2n) is 4.49. The van der Waals surface area contributed by atoms with E-state index in [0.29, 0.717) is 17.5 Å². The minimum Gasteiger partial charge on any atom is -0.482 e. The molecule has 0 aliphatic rings. The third-order valence-electron chi connectivity index (χ3n) is 3.02. The number of carboxylic acid groups (broad SMARTS) is 1. The van der Waals surface area contributed by atoms with E-state index in [4.69, 9.17) is 9.26 Å². The molecule has 6 heteroatoms. The van der Waals surface area contributed by atoms with E-state index in [0.717, 1.165) is 10.8 Å². The van der Waals surface area contributed by atoms with Crippen molar-refractivity contribution in [3.8, 4) is 5.75 Å². The number of aromatic carboxylic acids is 1. The van der Waals surface area contributed by atoms with E-state index in [2.05, 4.69) is 10.1 Å². The normalized spacial score (nSPS) is 10.7. The van der Waals surface area contributed by atoms with Crippen LogP contribution in [0.1, 0.15) is 22.1 Å². The van der Waals surface area contributed by atoms with Crippen LogP contribution in [0, 0.1) is 6.92 Å². The SMILES string of the molecule is Cc1noc(COc2c(C(=O)O)ccc3ccccc23)n1. The summed E-state index contributed by atoms with van der Waals surface area (Å²) in [5.41, 5.74) is 0.102. The summed E-state index contributed by atoms with van der Waals surface area (Å²) in [6.45, 7) is 1.72. The van der Waals surface area contributed by atoms with Gasteiger partial charge in [0.2, 0.25) is 0 Å². The van der Waals surface area contributed by atoms with Crippen LogP contribution in [0.2, 0.25) is 0 Å². The van der Waals surface area contributed by atoms with E-state index in [9.17, 15) is 9.90 Å². The highest BCUT2D eigenvalue weighted by molar-refractivity contribution is 6.00. The number of carbonyl (C=O) groups is 1. The summed E-state index contributed by atoms with van der Waals surface area (Å²) in [5, 5.41) is 14.6. The summed E-state index contributed by atoms with van der Waals surface area (Å²) in [7, 11) is 0. The van der Waals surface area contributed by atoms with Gasteiger partial charge < -0.3 is 14.4 Å². The molecule has 2 aromatic carbocycles. The molecule has 3 aromatic rings. The molecular formula is C15H12N2O4. The lowest BCUT2D eigenvalue weighted by Crippen LogP contribution is -2.04. The van der Waals surface area contributed by atoms with Gasteiger partial charge in [0, 0.05) is 5.39 Å². The van der Waals surface area contributed by atoms with E-state index < -0.39 is 5.97 Å². The highest BCUT2D eigenvalue weighted by atomic mass is 16.5. The van der Waals surface area contributed by atoms with Gasteiger partial charge in [0.05, 0.1) is 0 Å². The fourth-order valence-electron chi connectivity index (χ4n) is 2.10. The van der Waals surface area contributed by atoms with Gasteiger partial charge in [0.1, 0.15) is 11.3 Å². The molecule has 0 bridgehead atoms. The van der Waals surface area contributed by atoms with Crippen LogP contribution in [0.3, 0.4) is 0 Å². The van der Waals surface area contributed by atoms with Crippen molar-refractivity contribution in [3.05, 3.63) is 53.7 Å². The van der Waals surface area contributed by atoms with Gasteiger partial charge in [-0.2, -0.15) is 4.98 Å². The predicted molar refractivity (Wildman–Crippen MR) is 74.3 cm³/mol. The number of hydrogen-bond donors (Lipinski definition) is 1. The lowest BCUT2D eigenvalue weighted by Gasteiger charge is -2.10. The summed E-state index contributed by atoms with van der Waals surface area (Å²) in [6, 6.07) is 10.7. The van der Waals surface area contributed by atoms with Gasteiger partial charge in [0.25, 0.3) is 5.89 Å². The third kappa shape index (κ3) is 2.55. The Morgan fingerprint density at radius 3 is 2.81 bits per heavy atom. The Balaban J connectivity index is 2.01. The molecule has 0 spiro atoms. The zero-order valence-corrected chi connectivity index (χ0v) is 11.2. The summed E-state index contributed by atoms with van der Waals surface area (Å²) >= 11 is 0. The topological polar surface area (TPSA) is 85.5 Å². The van der Waals surface area contributed by atoms with Gasteiger partial charge in [0.15, 0.2) is 12.4 Å². The van der Waals surface area contributed by atoms with E-state index in [-0.39, 0.29) is 12.2 Å². The molecule has 0 aliphatic heterocycles. The van der Waals surface area contributed by atoms with Crippen LogP contribution in [0.15, 0.2) is 40.9 Å². The maximum absolute atomic E-state index is 11.3. The largest absolute Gasteiger partial charge is 0.482 e. The number of ether oxygens (including phenoxy) is 1. The van der Waals surface area contributed by atoms with Crippen LogP contribution in [0.5, 0.6) is 5.75 Å². The first-order valence-corrected chi connectivity index (χ1v) is 6.32. The number of rotatable bonds is 4. The molecule has 1 aromatic heterocycles. The Labute approximate surface area is 120 Å². The first-order chi connectivity index (χ1) is 10.1. The highest BCUT2D eigenvalue weighted by Gasteiger charge is 2.16. The molecule has 21 heavy (non-hydrogen) atoms. The second kappa shape index (κ2) is 5.24. The number of hydrogen-bond acceptors (Lipinski definition) is 5. The maximum Gasteiger partial charge on any atom is 0.339 e. The van der Waals surface area contributed by atoms with Gasteiger partial charge >= 0.3 is 5.97 Å². The summed E-state index contributed by atoms with van der Waals surface area (Å²) < 4.78 is 10.6.